The second-order valence-corrected chi connectivity index (χ2v) is 5.95. The van der Waals surface area contributed by atoms with E-state index in [1.54, 1.807) is 54.6 Å². The highest BCUT2D eigenvalue weighted by Crippen LogP contribution is 2.35. The number of ether oxygens (including phenoxy) is 3. The Labute approximate surface area is 155 Å². The minimum atomic E-state index is -0.668. The van der Waals surface area contributed by atoms with Crippen molar-refractivity contribution in [3.05, 3.63) is 60.8 Å². The van der Waals surface area contributed by atoms with Gasteiger partial charge in [-0.05, 0) is 25.1 Å². The van der Waals surface area contributed by atoms with Crippen molar-refractivity contribution in [2.45, 2.75) is 19.6 Å². The molecule has 0 aliphatic carbocycles. The zero-order chi connectivity index (χ0) is 18.6. The molecule has 0 saturated heterocycles. The van der Waals surface area contributed by atoms with Crippen molar-refractivity contribution in [1.82, 2.24) is 19.9 Å². The van der Waals surface area contributed by atoms with Gasteiger partial charge in [-0.25, -0.2) is 9.97 Å². The fourth-order valence-electron chi connectivity index (χ4n) is 2.72. The first-order valence-electron chi connectivity index (χ1n) is 8.47. The molecule has 0 fully saturated rings. The van der Waals surface area contributed by atoms with Crippen LogP contribution in [0.5, 0.6) is 17.2 Å². The summed E-state index contributed by atoms with van der Waals surface area (Å²) >= 11 is 0. The Kier molecular flexibility index (Phi) is 4.61. The Hall–Kier alpha value is -3.55. The molecule has 1 atom stereocenters. The van der Waals surface area contributed by atoms with Crippen LogP contribution < -0.4 is 19.5 Å². The summed E-state index contributed by atoms with van der Waals surface area (Å²) in [5.74, 6) is 2.32. The van der Waals surface area contributed by atoms with Gasteiger partial charge >= 0.3 is 0 Å². The molecule has 4 rings (SSSR count). The fourth-order valence-corrected chi connectivity index (χ4v) is 2.72. The highest BCUT2D eigenvalue weighted by atomic mass is 16.7. The summed E-state index contributed by atoms with van der Waals surface area (Å²) in [6.45, 7) is 2.22. The quantitative estimate of drug-likeness (QED) is 0.719. The van der Waals surface area contributed by atoms with Crippen LogP contribution in [-0.4, -0.2) is 33.3 Å². The summed E-state index contributed by atoms with van der Waals surface area (Å²) in [5, 5.41) is 2.88. The second kappa shape index (κ2) is 7.36. The first-order chi connectivity index (χ1) is 13.2. The molecule has 1 amide bonds. The molecule has 1 unspecified atom stereocenters. The van der Waals surface area contributed by atoms with Gasteiger partial charge in [-0.3, -0.25) is 9.36 Å². The minimum absolute atomic E-state index is 0.194. The molecule has 0 radical (unpaired) electrons. The lowest BCUT2D eigenvalue weighted by Crippen LogP contribution is -2.36. The van der Waals surface area contributed by atoms with Crippen molar-refractivity contribution in [2.24, 2.45) is 0 Å². The van der Waals surface area contributed by atoms with Crippen LogP contribution in [0.4, 0.5) is 0 Å². The number of fused-ring (bicyclic) bond motifs is 1. The van der Waals surface area contributed by atoms with E-state index in [1.807, 2.05) is 12.1 Å². The van der Waals surface area contributed by atoms with E-state index < -0.39 is 6.10 Å². The molecule has 0 spiro atoms. The van der Waals surface area contributed by atoms with Crippen LogP contribution >= 0.6 is 0 Å². The molecule has 1 aliphatic rings. The molecule has 8 nitrogen and oxygen atoms in total. The Balaban J connectivity index is 1.38. The largest absolute Gasteiger partial charge is 0.481 e. The molecular formula is C19H18N4O4. The predicted octanol–water partition coefficient (Wildman–Crippen LogP) is 2.08. The number of nitrogens with one attached hydrogen (secondary N) is 1. The summed E-state index contributed by atoms with van der Waals surface area (Å²) in [6.07, 6.45) is 6.18. The lowest BCUT2D eigenvalue weighted by molar-refractivity contribution is -0.127. The first-order valence-corrected chi connectivity index (χ1v) is 8.47. The fraction of sp³-hybridized carbons (Fsp3) is 0.211. The summed E-state index contributed by atoms with van der Waals surface area (Å²) < 4.78 is 18.1. The number of imidazole rings is 1. The molecule has 27 heavy (non-hydrogen) atoms. The van der Waals surface area contributed by atoms with Crippen LogP contribution in [-0.2, 0) is 11.3 Å². The number of carbonyl (C=O) groups excluding carboxylic acids is 1. The number of hydrogen-bond acceptors (Lipinski definition) is 6. The van der Waals surface area contributed by atoms with E-state index in [0.717, 1.165) is 11.4 Å². The van der Waals surface area contributed by atoms with E-state index in [4.69, 9.17) is 14.2 Å². The second-order valence-electron chi connectivity index (χ2n) is 5.95. The number of carbonyl (C=O) groups is 1. The minimum Gasteiger partial charge on any atom is -0.481 e. The molecule has 8 heteroatoms. The standard InChI is InChI=1S/C19H18N4O4/c1-13(27-15-4-5-16-17(9-15)26-12-25-16)19(24)22-10-14-3-2-6-21-18(14)23-8-7-20-11-23/h2-9,11,13H,10,12H2,1H3,(H,22,24). The van der Waals surface area contributed by atoms with Crippen molar-refractivity contribution in [3.63, 3.8) is 0 Å². The zero-order valence-electron chi connectivity index (χ0n) is 14.7. The van der Waals surface area contributed by atoms with Crippen LogP contribution in [0.3, 0.4) is 0 Å². The SMILES string of the molecule is CC(Oc1ccc2c(c1)OCO2)C(=O)NCc1cccnc1-n1ccnc1. The third-order valence-corrected chi connectivity index (χ3v) is 4.10. The topological polar surface area (TPSA) is 87.5 Å². The van der Waals surface area contributed by atoms with Gasteiger partial charge in [0.1, 0.15) is 17.9 Å². The third-order valence-electron chi connectivity index (χ3n) is 4.10. The van der Waals surface area contributed by atoms with E-state index in [-0.39, 0.29) is 12.7 Å². The van der Waals surface area contributed by atoms with Crippen molar-refractivity contribution in [1.29, 1.82) is 0 Å². The number of rotatable bonds is 6. The molecule has 3 heterocycles. The highest BCUT2D eigenvalue weighted by molar-refractivity contribution is 5.80. The van der Waals surface area contributed by atoms with Crippen LogP contribution in [0.1, 0.15) is 12.5 Å². The Morgan fingerprint density at radius 1 is 1.30 bits per heavy atom. The maximum atomic E-state index is 12.4. The summed E-state index contributed by atoms with van der Waals surface area (Å²) in [7, 11) is 0. The van der Waals surface area contributed by atoms with Crippen molar-refractivity contribution in [3.8, 4) is 23.1 Å². The third kappa shape index (κ3) is 3.69. The molecule has 1 aromatic carbocycles. The monoisotopic (exact) mass is 366 g/mol. The van der Waals surface area contributed by atoms with Crippen molar-refractivity contribution in [2.75, 3.05) is 6.79 Å². The van der Waals surface area contributed by atoms with Gasteiger partial charge < -0.3 is 19.5 Å². The van der Waals surface area contributed by atoms with Gasteiger partial charge in [-0.1, -0.05) is 6.07 Å². The van der Waals surface area contributed by atoms with Crippen LogP contribution in [0.2, 0.25) is 0 Å². The molecular weight excluding hydrogens is 348 g/mol. The lowest BCUT2D eigenvalue weighted by atomic mass is 10.2. The van der Waals surface area contributed by atoms with E-state index in [2.05, 4.69) is 15.3 Å². The van der Waals surface area contributed by atoms with Crippen molar-refractivity contribution >= 4 is 5.91 Å². The molecule has 2 aromatic heterocycles. The van der Waals surface area contributed by atoms with Crippen LogP contribution in [0.15, 0.2) is 55.2 Å². The molecule has 0 bridgehead atoms. The molecule has 1 N–H and O–H groups in total. The highest BCUT2D eigenvalue weighted by Gasteiger charge is 2.18. The number of nitrogens with zero attached hydrogens (tertiary/aromatic N) is 3. The normalized spacial score (nSPS) is 13.2. The molecule has 3 aromatic rings. The van der Waals surface area contributed by atoms with E-state index in [0.29, 0.717) is 23.8 Å². The van der Waals surface area contributed by atoms with Gasteiger partial charge in [0, 0.05) is 36.8 Å². The van der Waals surface area contributed by atoms with Gasteiger partial charge in [0.25, 0.3) is 5.91 Å². The summed E-state index contributed by atoms with van der Waals surface area (Å²) in [6, 6.07) is 8.95. The van der Waals surface area contributed by atoms with E-state index >= 15 is 0 Å². The number of hydrogen-bond donors (Lipinski definition) is 1. The van der Waals surface area contributed by atoms with Gasteiger partial charge in [0.2, 0.25) is 6.79 Å². The van der Waals surface area contributed by atoms with Gasteiger partial charge in [-0.15, -0.1) is 0 Å². The summed E-state index contributed by atoms with van der Waals surface area (Å²) in [5.41, 5.74) is 0.874. The van der Waals surface area contributed by atoms with Crippen LogP contribution in [0.25, 0.3) is 5.82 Å². The first kappa shape index (κ1) is 16.9. The Morgan fingerprint density at radius 2 is 2.19 bits per heavy atom. The maximum absolute atomic E-state index is 12.4. The van der Waals surface area contributed by atoms with Gasteiger partial charge in [-0.2, -0.15) is 0 Å². The predicted molar refractivity (Wildman–Crippen MR) is 95.9 cm³/mol. The maximum Gasteiger partial charge on any atom is 0.261 e. The Bertz CT molecular complexity index is 943. The summed E-state index contributed by atoms with van der Waals surface area (Å²) in [4.78, 5) is 20.8. The smallest absolute Gasteiger partial charge is 0.261 e. The zero-order valence-corrected chi connectivity index (χ0v) is 14.7. The Morgan fingerprint density at radius 3 is 3.04 bits per heavy atom. The average molecular weight is 366 g/mol. The van der Waals surface area contributed by atoms with Crippen molar-refractivity contribution < 1.29 is 19.0 Å². The van der Waals surface area contributed by atoms with Crippen LogP contribution in [0, 0.1) is 0 Å². The molecule has 138 valence electrons. The average Bonchev–Trinajstić information content (AvgIpc) is 3.37. The number of benzene rings is 1. The lowest BCUT2D eigenvalue weighted by Gasteiger charge is -2.16. The number of amides is 1. The van der Waals surface area contributed by atoms with Gasteiger partial charge in [0.15, 0.2) is 17.6 Å². The van der Waals surface area contributed by atoms with Gasteiger partial charge in [0.05, 0.1) is 0 Å². The molecule has 1 aliphatic heterocycles. The number of pyridine rings is 1. The van der Waals surface area contributed by atoms with E-state index in [1.165, 1.54) is 0 Å². The molecule has 0 saturated carbocycles. The number of aromatic nitrogens is 3. The van der Waals surface area contributed by atoms with E-state index in [9.17, 15) is 4.79 Å².